The van der Waals surface area contributed by atoms with Crippen molar-refractivity contribution in [3.63, 3.8) is 0 Å². The molecule has 1 aliphatic rings. The van der Waals surface area contributed by atoms with E-state index >= 15 is 0 Å². The van der Waals surface area contributed by atoms with Crippen LogP contribution in [0.4, 0.5) is 0 Å². The fraction of sp³-hybridized carbons (Fsp3) is 0.647. The van der Waals surface area contributed by atoms with Crippen LogP contribution < -0.4 is 0 Å². The van der Waals surface area contributed by atoms with Gasteiger partial charge in [0.1, 0.15) is 0 Å². The Labute approximate surface area is 144 Å². The quantitative estimate of drug-likeness (QED) is 0.579. The van der Waals surface area contributed by atoms with Crippen molar-refractivity contribution < 1.29 is 9.31 Å². The van der Waals surface area contributed by atoms with Crippen LogP contribution >= 0.6 is 24.0 Å². The van der Waals surface area contributed by atoms with Crippen molar-refractivity contribution in [2.24, 2.45) is 0 Å². The molecule has 2 nitrogen and oxygen atoms in total. The lowest BCUT2D eigenvalue weighted by Gasteiger charge is -2.32. The molecule has 1 saturated heterocycles. The van der Waals surface area contributed by atoms with E-state index in [-0.39, 0.29) is 18.3 Å². The van der Waals surface area contributed by atoms with E-state index in [2.05, 4.69) is 64.8 Å². The molecule has 1 aliphatic heterocycles. The van der Waals surface area contributed by atoms with E-state index < -0.39 is 0 Å². The summed E-state index contributed by atoms with van der Waals surface area (Å²) >= 11 is 6.28. The SMILES string of the molecule is CCCCc1ccsc1C=C(CS)B1OC(C)(C)C(C)(C)O1. The second-order valence-electron chi connectivity index (χ2n) is 6.88. The molecule has 0 spiro atoms. The van der Waals surface area contributed by atoms with E-state index in [4.69, 9.17) is 9.31 Å². The first kappa shape index (κ1) is 18.1. The Morgan fingerprint density at radius 1 is 1.27 bits per heavy atom. The van der Waals surface area contributed by atoms with Gasteiger partial charge in [-0.3, -0.25) is 0 Å². The lowest BCUT2D eigenvalue weighted by molar-refractivity contribution is 0.00578. The van der Waals surface area contributed by atoms with Gasteiger partial charge in [0.05, 0.1) is 11.2 Å². The number of unbranched alkanes of at least 4 members (excludes halogenated alkanes) is 1. The molecule has 122 valence electrons. The molecule has 0 aromatic carbocycles. The van der Waals surface area contributed by atoms with Crippen molar-refractivity contribution in [2.75, 3.05) is 5.75 Å². The fourth-order valence-electron chi connectivity index (χ4n) is 2.40. The summed E-state index contributed by atoms with van der Waals surface area (Å²) in [5.41, 5.74) is 1.91. The van der Waals surface area contributed by atoms with Crippen molar-refractivity contribution in [2.45, 2.75) is 65.1 Å². The summed E-state index contributed by atoms with van der Waals surface area (Å²) in [4.78, 5) is 1.31. The van der Waals surface area contributed by atoms with Crippen LogP contribution in [0.3, 0.4) is 0 Å². The van der Waals surface area contributed by atoms with Crippen LogP contribution in [-0.4, -0.2) is 24.1 Å². The number of thiophene rings is 1. The van der Waals surface area contributed by atoms with Crippen LogP contribution in [0, 0.1) is 0 Å². The highest BCUT2D eigenvalue weighted by Crippen LogP contribution is 2.39. The Balaban J connectivity index is 2.21. The molecular weight excluding hydrogens is 311 g/mol. The van der Waals surface area contributed by atoms with Gasteiger partial charge in [-0.15, -0.1) is 11.3 Å². The molecule has 1 aromatic heterocycles. The molecule has 2 heterocycles. The number of aryl methyl sites for hydroxylation is 1. The third kappa shape index (κ3) is 3.81. The topological polar surface area (TPSA) is 18.5 Å². The highest BCUT2D eigenvalue weighted by atomic mass is 32.1. The standard InChI is InChI=1S/C17H27BO2S2/c1-6-7-8-13-9-10-22-15(13)11-14(12-21)18-19-16(2,3)17(4,5)20-18/h9-11,21H,6-8,12H2,1-5H3. The highest BCUT2D eigenvalue weighted by molar-refractivity contribution is 7.80. The van der Waals surface area contributed by atoms with E-state index in [1.165, 1.54) is 23.3 Å². The van der Waals surface area contributed by atoms with Gasteiger partial charge in [-0.25, -0.2) is 0 Å². The molecule has 22 heavy (non-hydrogen) atoms. The Kier molecular flexibility index (Phi) is 5.87. The van der Waals surface area contributed by atoms with Crippen molar-refractivity contribution in [3.05, 3.63) is 27.4 Å². The molecule has 1 aromatic rings. The van der Waals surface area contributed by atoms with E-state index in [1.54, 1.807) is 11.3 Å². The molecule has 0 radical (unpaired) electrons. The molecule has 1 fully saturated rings. The molecule has 5 heteroatoms. The molecular formula is C17H27BO2S2. The summed E-state index contributed by atoms with van der Waals surface area (Å²) in [6.07, 6.45) is 5.79. The fourth-order valence-corrected chi connectivity index (χ4v) is 3.56. The predicted molar refractivity (Wildman–Crippen MR) is 101 cm³/mol. The Bertz CT molecular complexity index is 519. The first-order valence-electron chi connectivity index (χ1n) is 8.04. The van der Waals surface area contributed by atoms with Crippen molar-refractivity contribution >= 4 is 37.2 Å². The third-order valence-corrected chi connectivity index (χ3v) is 5.91. The van der Waals surface area contributed by atoms with Gasteiger partial charge >= 0.3 is 7.12 Å². The van der Waals surface area contributed by atoms with E-state index in [9.17, 15) is 0 Å². The van der Waals surface area contributed by atoms with Gasteiger partial charge in [0.2, 0.25) is 0 Å². The van der Waals surface area contributed by atoms with E-state index in [0.29, 0.717) is 5.75 Å². The number of rotatable bonds is 6. The predicted octanol–water partition coefficient (Wildman–Crippen LogP) is 5.04. The van der Waals surface area contributed by atoms with E-state index in [0.717, 1.165) is 11.9 Å². The van der Waals surface area contributed by atoms with Crippen LogP contribution in [0.2, 0.25) is 0 Å². The highest BCUT2D eigenvalue weighted by Gasteiger charge is 2.52. The van der Waals surface area contributed by atoms with Crippen molar-refractivity contribution in [1.29, 1.82) is 0 Å². The Morgan fingerprint density at radius 3 is 2.45 bits per heavy atom. The summed E-state index contributed by atoms with van der Waals surface area (Å²) < 4.78 is 12.3. The lowest BCUT2D eigenvalue weighted by atomic mass is 9.78. The second-order valence-corrected chi connectivity index (χ2v) is 8.14. The summed E-state index contributed by atoms with van der Waals surface area (Å²) in [6.45, 7) is 10.6. The minimum absolute atomic E-state index is 0.302. The molecule has 0 saturated carbocycles. The average Bonchev–Trinajstić information content (AvgIpc) is 2.95. The Morgan fingerprint density at radius 2 is 1.91 bits per heavy atom. The zero-order valence-electron chi connectivity index (χ0n) is 14.3. The monoisotopic (exact) mass is 338 g/mol. The first-order valence-corrected chi connectivity index (χ1v) is 9.55. The van der Waals surface area contributed by atoms with Gasteiger partial charge in [-0.2, -0.15) is 12.6 Å². The number of thiol groups is 1. The second kappa shape index (κ2) is 7.12. The van der Waals surface area contributed by atoms with Crippen LogP contribution in [0.1, 0.15) is 57.9 Å². The van der Waals surface area contributed by atoms with Crippen LogP contribution in [0.25, 0.3) is 6.08 Å². The van der Waals surface area contributed by atoms with Crippen LogP contribution in [0.15, 0.2) is 16.9 Å². The maximum Gasteiger partial charge on any atom is 0.491 e. The summed E-state index contributed by atoms with van der Waals surface area (Å²) in [7, 11) is -0.302. The van der Waals surface area contributed by atoms with Crippen LogP contribution in [0.5, 0.6) is 0 Å². The molecule has 0 amide bonds. The molecule has 0 bridgehead atoms. The van der Waals surface area contributed by atoms with Gasteiger partial charge < -0.3 is 9.31 Å². The maximum absolute atomic E-state index is 6.15. The molecule has 0 unspecified atom stereocenters. The molecule has 0 aliphatic carbocycles. The normalized spacial score (nSPS) is 20.6. The third-order valence-electron chi connectivity index (χ3n) is 4.64. The van der Waals surface area contributed by atoms with Crippen LogP contribution in [-0.2, 0) is 15.7 Å². The zero-order valence-corrected chi connectivity index (χ0v) is 16.0. The molecule has 0 atom stereocenters. The largest absolute Gasteiger partial charge is 0.491 e. The molecule has 0 N–H and O–H groups in total. The van der Waals surface area contributed by atoms with Gasteiger partial charge in [0.15, 0.2) is 0 Å². The van der Waals surface area contributed by atoms with Gasteiger partial charge in [-0.1, -0.05) is 13.3 Å². The first-order chi connectivity index (χ1) is 10.3. The smallest absolute Gasteiger partial charge is 0.400 e. The van der Waals surface area contributed by atoms with Gasteiger partial charge in [0, 0.05) is 10.6 Å². The van der Waals surface area contributed by atoms with Crippen molar-refractivity contribution in [3.8, 4) is 0 Å². The summed E-state index contributed by atoms with van der Waals surface area (Å²) in [6, 6.07) is 2.23. The summed E-state index contributed by atoms with van der Waals surface area (Å²) in [5, 5.41) is 2.16. The average molecular weight is 338 g/mol. The Hall–Kier alpha value is -0.225. The van der Waals surface area contributed by atoms with Crippen molar-refractivity contribution in [1.82, 2.24) is 0 Å². The van der Waals surface area contributed by atoms with E-state index in [1.807, 2.05) is 0 Å². The summed E-state index contributed by atoms with van der Waals surface area (Å²) in [5.74, 6) is 0.641. The molecule has 2 rings (SSSR count). The van der Waals surface area contributed by atoms with Gasteiger partial charge in [-0.05, 0) is 69.1 Å². The lowest BCUT2D eigenvalue weighted by Crippen LogP contribution is -2.41. The number of hydrogen-bond donors (Lipinski definition) is 1. The maximum atomic E-state index is 6.15. The van der Waals surface area contributed by atoms with Gasteiger partial charge in [0.25, 0.3) is 0 Å². The minimum Gasteiger partial charge on any atom is -0.400 e. The minimum atomic E-state index is -0.305. The number of hydrogen-bond acceptors (Lipinski definition) is 4. The zero-order chi connectivity index (χ0) is 16.4.